The maximum absolute atomic E-state index is 13.7. The number of anilines is 1. The fourth-order valence-corrected chi connectivity index (χ4v) is 1.69. The molecular weight excluding hydrogens is 262 g/mol. The highest BCUT2D eigenvalue weighted by Gasteiger charge is 2.31. The topological polar surface area (TPSA) is 32.3 Å². The first kappa shape index (κ1) is 15.8. The summed E-state index contributed by atoms with van der Waals surface area (Å²) < 4.78 is 50.9. The summed E-state index contributed by atoms with van der Waals surface area (Å²) in [5.41, 5.74) is -1.57. The van der Waals surface area contributed by atoms with Gasteiger partial charge in [-0.3, -0.25) is 0 Å². The molecule has 0 bridgehead atoms. The average molecular weight is 279 g/mol. The molecule has 0 heterocycles. The molecule has 1 rings (SSSR count). The normalized spacial score (nSPS) is 15.1. The van der Waals surface area contributed by atoms with Gasteiger partial charge in [0.1, 0.15) is 5.82 Å². The second-order valence-corrected chi connectivity index (χ2v) is 4.71. The van der Waals surface area contributed by atoms with Gasteiger partial charge in [-0.2, -0.15) is 13.2 Å². The zero-order valence-electron chi connectivity index (χ0n) is 10.8. The number of aliphatic hydroxyl groups is 1. The lowest BCUT2D eigenvalue weighted by Gasteiger charge is -2.30. The van der Waals surface area contributed by atoms with Crippen molar-refractivity contribution >= 4 is 5.69 Å². The number of halogens is 4. The Balaban J connectivity index is 2.97. The maximum atomic E-state index is 13.7. The van der Waals surface area contributed by atoms with Gasteiger partial charge in [-0.05, 0) is 38.0 Å². The molecule has 108 valence electrons. The van der Waals surface area contributed by atoms with Crippen LogP contribution in [0.5, 0.6) is 0 Å². The molecule has 0 saturated carbocycles. The predicted molar refractivity (Wildman–Crippen MR) is 65.4 cm³/mol. The highest BCUT2D eigenvalue weighted by molar-refractivity contribution is 5.48. The van der Waals surface area contributed by atoms with E-state index in [1.54, 1.807) is 6.92 Å². The minimum absolute atomic E-state index is 0.00537. The van der Waals surface area contributed by atoms with Gasteiger partial charge < -0.3 is 10.4 Å². The number of benzene rings is 1. The molecule has 1 unspecified atom stereocenters. The summed E-state index contributed by atoms with van der Waals surface area (Å²) in [5.74, 6) is -0.951. The third-order valence-corrected chi connectivity index (χ3v) is 3.18. The van der Waals surface area contributed by atoms with E-state index >= 15 is 0 Å². The second-order valence-electron chi connectivity index (χ2n) is 4.71. The third kappa shape index (κ3) is 4.09. The predicted octanol–water partition coefficient (Wildman–Crippen LogP) is 3.81. The monoisotopic (exact) mass is 279 g/mol. The van der Waals surface area contributed by atoms with Gasteiger partial charge >= 0.3 is 6.18 Å². The first-order chi connectivity index (χ1) is 8.72. The molecule has 19 heavy (non-hydrogen) atoms. The van der Waals surface area contributed by atoms with Crippen LogP contribution in [0.1, 0.15) is 32.3 Å². The highest BCUT2D eigenvalue weighted by Crippen LogP contribution is 2.32. The molecule has 1 aromatic carbocycles. The van der Waals surface area contributed by atoms with E-state index in [2.05, 4.69) is 5.32 Å². The largest absolute Gasteiger partial charge is 0.416 e. The molecule has 0 aromatic heterocycles. The Morgan fingerprint density at radius 1 is 1.26 bits per heavy atom. The van der Waals surface area contributed by atoms with Gasteiger partial charge in [-0.25, -0.2) is 4.39 Å². The van der Waals surface area contributed by atoms with Crippen LogP contribution in [0.2, 0.25) is 0 Å². The minimum atomic E-state index is -4.56. The molecule has 1 aromatic rings. The van der Waals surface area contributed by atoms with Crippen LogP contribution < -0.4 is 5.32 Å². The Kier molecular flexibility index (Phi) is 4.79. The molecule has 0 saturated heterocycles. The van der Waals surface area contributed by atoms with Crippen molar-refractivity contribution < 1.29 is 22.7 Å². The van der Waals surface area contributed by atoms with Crippen LogP contribution in [0.3, 0.4) is 0 Å². The second kappa shape index (κ2) is 5.77. The van der Waals surface area contributed by atoms with Crippen molar-refractivity contribution in [3.05, 3.63) is 29.6 Å². The lowest BCUT2D eigenvalue weighted by atomic mass is 9.94. The minimum Gasteiger partial charge on any atom is -0.396 e. The number of hydrogen-bond donors (Lipinski definition) is 2. The van der Waals surface area contributed by atoms with Crippen LogP contribution in [0.15, 0.2) is 18.2 Å². The fourth-order valence-electron chi connectivity index (χ4n) is 1.69. The third-order valence-electron chi connectivity index (χ3n) is 3.18. The summed E-state index contributed by atoms with van der Waals surface area (Å²) in [6.45, 7) is 3.55. The Morgan fingerprint density at radius 3 is 2.32 bits per heavy atom. The van der Waals surface area contributed by atoms with E-state index in [9.17, 15) is 17.6 Å². The van der Waals surface area contributed by atoms with Crippen LogP contribution in [0.4, 0.5) is 23.2 Å². The van der Waals surface area contributed by atoms with Crippen molar-refractivity contribution in [1.82, 2.24) is 0 Å². The Labute approximate surface area is 109 Å². The summed E-state index contributed by atoms with van der Waals surface area (Å²) in [5, 5.41) is 11.8. The van der Waals surface area contributed by atoms with Crippen LogP contribution in [0, 0.1) is 5.82 Å². The van der Waals surface area contributed by atoms with Gasteiger partial charge in [-0.15, -0.1) is 0 Å². The maximum Gasteiger partial charge on any atom is 0.416 e. The first-order valence-electron chi connectivity index (χ1n) is 5.97. The summed E-state index contributed by atoms with van der Waals surface area (Å²) in [6.07, 6.45) is -3.57. The fraction of sp³-hybridized carbons (Fsp3) is 0.538. The molecule has 6 heteroatoms. The molecule has 0 aliphatic heterocycles. The molecule has 2 N–H and O–H groups in total. The molecule has 0 fully saturated rings. The van der Waals surface area contributed by atoms with E-state index in [4.69, 9.17) is 5.11 Å². The van der Waals surface area contributed by atoms with Gasteiger partial charge in [0.25, 0.3) is 0 Å². The van der Waals surface area contributed by atoms with Gasteiger partial charge in [0, 0.05) is 12.1 Å². The number of rotatable bonds is 5. The Morgan fingerprint density at radius 2 is 1.89 bits per heavy atom. The summed E-state index contributed by atoms with van der Waals surface area (Å²) in [4.78, 5) is 0. The number of alkyl halides is 3. The number of hydrogen-bond acceptors (Lipinski definition) is 2. The number of aliphatic hydroxyl groups excluding tert-OH is 1. The quantitative estimate of drug-likeness (QED) is 0.803. The number of nitrogens with one attached hydrogen (secondary N) is 1. The van der Waals surface area contributed by atoms with Crippen LogP contribution in [-0.4, -0.2) is 17.3 Å². The van der Waals surface area contributed by atoms with Gasteiger partial charge in [0.05, 0.1) is 11.3 Å². The zero-order valence-corrected chi connectivity index (χ0v) is 10.8. The van der Waals surface area contributed by atoms with Crippen molar-refractivity contribution in [3.8, 4) is 0 Å². The smallest absolute Gasteiger partial charge is 0.396 e. The van der Waals surface area contributed by atoms with Crippen LogP contribution in [0.25, 0.3) is 0 Å². The van der Waals surface area contributed by atoms with Gasteiger partial charge in [-0.1, -0.05) is 6.92 Å². The van der Waals surface area contributed by atoms with E-state index in [1.807, 2.05) is 6.92 Å². The standard InChI is InChI=1S/C13H17F4NO/c1-3-12(2,6-7-19)18-11-5-4-9(8-10(11)14)13(15,16)17/h4-5,8,18-19H,3,6-7H2,1-2H3. The van der Waals surface area contributed by atoms with E-state index < -0.39 is 23.1 Å². The molecule has 0 spiro atoms. The van der Waals surface area contributed by atoms with Gasteiger partial charge in [0.2, 0.25) is 0 Å². The van der Waals surface area contributed by atoms with Crippen molar-refractivity contribution in [1.29, 1.82) is 0 Å². The SMILES string of the molecule is CCC(C)(CCO)Nc1ccc(C(F)(F)F)cc1F. The van der Waals surface area contributed by atoms with E-state index in [-0.39, 0.29) is 12.3 Å². The molecule has 0 amide bonds. The summed E-state index contributed by atoms with van der Waals surface area (Å²) in [6, 6.07) is 2.38. The van der Waals surface area contributed by atoms with Crippen molar-refractivity contribution in [2.75, 3.05) is 11.9 Å². The molecule has 2 nitrogen and oxygen atoms in total. The lowest BCUT2D eigenvalue weighted by Crippen LogP contribution is -2.35. The molecular formula is C13H17F4NO. The first-order valence-corrected chi connectivity index (χ1v) is 5.97. The van der Waals surface area contributed by atoms with Crippen LogP contribution in [-0.2, 0) is 6.18 Å². The average Bonchev–Trinajstić information content (AvgIpc) is 2.31. The van der Waals surface area contributed by atoms with Crippen molar-refractivity contribution in [2.45, 2.75) is 38.4 Å². The van der Waals surface area contributed by atoms with E-state index in [0.717, 1.165) is 12.1 Å². The van der Waals surface area contributed by atoms with E-state index in [0.29, 0.717) is 18.9 Å². The molecule has 0 aliphatic carbocycles. The van der Waals surface area contributed by atoms with E-state index in [1.165, 1.54) is 0 Å². The highest BCUT2D eigenvalue weighted by atomic mass is 19.4. The molecule has 1 atom stereocenters. The molecule has 0 radical (unpaired) electrons. The lowest BCUT2D eigenvalue weighted by molar-refractivity contribution is -0.137. The summed E-state index contributed by atoms with van der Waals surface area (Å²) >= 11 is 0. The Hall–Kier alpha value is -1.30. The van der Waals surface area contributed by atoms with Crippen LogP contribution >= 0.6 is 0 Å². The van der Waals surface area contributed by atoms with Crippen molar-refractivity contribution in [3.63, 3.8) is 0 Å². The van der Waals surface area contributed by atoms with Crippen molar-refractivity contribution in [2.24, 2.45) is 0 Å². The molecule has 0 aliphatic rings. The summed E-state index contributed by atoms with van der Waals surface area (Å²) in [7, 11) is 0. The van der Waals surface area contributed by atoms with Gasteiger partial charge in [0.15, 0.2) is 0 Å². The zero-order chi connectivity index (χ0) is 14.7. The Bertz CT molecular complexity index is 433.